The van der Waals surface area contributed by atoms with Gasteiger partial charge in [-0.15, -0.1) is 0 Å². The maximum atomic E-state index is 12.4. The number of anilines is 1. The van der Waals surface area contributed by atoms with Crippen molar-refractivity contribution in [3.63, 3.8) is 0 Å². The van der Waals surface area contributed by atoms with Gasteiger partial charge in [0.25, 0.3) is 5.56 Å². The number of hydrogen-bond donors (Lipinski definition) is 3. The van der Waals surface area contributed by atoms with Gasteiger partial charge in [-0.3, -0.25) is 4.79 Å². The summed E-state index contributed by atoms with van der Waals surface area (Å²) < 4.78 is 1.89. The normalized spacial score (nSPS) is 18.2. The third-order valence-electron chi connectivity index (χ3n) is 4.39. The number of aromatic nitrogens is 2. The molecule has 2 aromatic heterocycles. The Morgan fingerprint density at radius 1 is 1.33 bits per heavy atom. The fourth-order valence-corrected chi connectivity index (χ4v) is 4.14. The minimum atomic E-state index is -0.105. The molecule has 5 nitrogen and oxygen atoms in total. The standard InChI is InChI=1S/C17H16BrIN4O/c18-9-3-4-11-12(6-9)14-15(13(19)8-21-17(14)24)23-16(11)22-10-2-1-5-20-7-10/h3-4,6,8,10,20H,1-2,5,7H2,(H,21,24)(H,22,23)/t10-/m1/s1. The molecule has 124 valence electrons. The molecule has 1 saturated heterocycles. The largest absolute Gasteiger partial charge is 0.366 e. The van der Waals surface area contributed by atoms with E-state index >= 15 is 0 Å². The molecule has 3 heterocycles. The zero-order chi connectivity index (χ0) is 16.7. The number of rotatable bonds is 2. The summed E-state index contributed by atoms with van der Waals surface area (Å²) in [5, 5.41) is 9.53. The molecule has 1 atom stereocenters. The summed E-state index contributed by atoms with van der Waals surface area (Å²) in [4.78, 5) is 20.0. The molecule has 1 fully saturated rings. The lowest BCUT2D eigenvalue weighted by molar-refractivity contribution is 0.479. The van der Waals surface area contributed by atoms with Gasteiger partial charge < -0.3 is 15.6 Å². The third-order valence-corrected chi connectivity index (χ3v) is 5.70. The molecule has 24 heavy (non-hydrogen) atoms. The van der Waals surface area contributed by atoms with Crippen LogP contribution in [0.3, 0.4) is 0 Å². The number of benzene rings is 1. The lowest BCUT2D eigenvalue weighted by atomic mass is 10.1. The van der Waals surface area contributed by atoms with Crippen molar-refractivity contribution in [1.29, 1.82) is 0 Å². The molecule has 0 saturated carbocycles. The molecule has 3 aromatic rings. The second-order valence-corrected chi connectivity index (χ2v) is 8.11. The molecule has 0 unspecified atom stereocenters. The van der Waals surface area contributed by atoms with E-state index in [1.54, 1.807) is 6.20 Å². The minimum absolute atomic E-state index is 0.105. The minimum Gasteiger partial charge on any atom is -0.366 e. The Morgan fingerprint density at radius 2 is 2.21 bits per heavy atom. The number of fused-ring (bicyclic) bond motifs is 3. The molecular formula is C17H16BrIN4O. The van der Waals surface area contributed by atoms with E-state index in [1.165, 1.54) is 0 Å². The molecule has 1 aromatic carbocycles. The van der Waals surface area contributed by atoms with E-state index in [-0.39, 0.29) is 5.56 Å². The predicted octanol–water partition coefficient (Wildman–Crippen LogP) is 3.61. The van der Waals surface area contributed by atoms with Crippen molar-refractivity contribution in [3.8, 4) is 0 Å². The molecule has 0 bridgehead atoms. The summed E-state index contributed by atoms with van der Waals surface area (Å²) in [6.07, 6.45) is 4.00. The van der Waals surface area contributed by atoms with Crippen LogP contribution in [0.1, 0.15) is 12.8 Å². The van der Waals surface area contributed by atoms with Gasteiger partial charge in [0, 0.05) is 34.0 Å². The second kappa shape index (κ2) is 6.61. The van der Waals surface area contributed by atoms with E-state index in [4.69, 9.17) is 4.98 Å². The number of hydrogen-bond acceptors (Lipinski definition) is 4. The number of piperidine rings is 1. The molecule has 4 rings (SSSR count). The molecule has 3 N–H and O–H groups in total. The Balaban J connectivity index is 1.98. The predicted molar refractivity (Wildman–Crippen MR) is 110 cm³/mol. The first-order valence-corrected chi connectivity index (χ1v) is 9.78. The molecule has 7 heteroatoms. The van der Waals surface area contributed by atoms with Crippen LogP contribution in [0.4, 0.5) is 5.82 Å². The number of nitrogens with zero attached hydrogens (tertiary/aromatic N) is 1. The van der Waals surface area contributed by atoms with E-state index < -0.39 is 0 Å². The fraction of sp³-hybridized carbons (Fsp3) is 0.294. The maximum Gasteiger partial charge on any atom is 0.258 e. The lowest BCUT2D eigenvalue weighted by Gasteiger charge is -2.25. The average Bonchev–Trinajstić information content (AvgIpc) is 2.59. The summed E-state index contributed by atoms with van der Waals surface area (Å²) in [7, 11) is 0. The number of halogens is 2. The summed E-state index contributed by atoms with van der Waals surface area (Å²) in [6, 6.07) is 6.36. The van der Waals surface area contributed by atoms with Crippen LogP contribution in [0.2, 0.25) is 0 Å². The summed E-state index contributed by atoms with van der Waals surface area (Å²) in [6.45, 7) is 2.01. The molecule has 1 aliphatic rings. The van der Waals surface area contributed by atoms with Crippen molar-refractivity contribution in [2.45, 2.75) is 18.9 Å². The van der Waals surface area contributed by atoms with Crippen molar-refractivity contribution >= 4 is 66.0 Å². The van der Waals surface area contributed by atoms with Crippen LogP contribution in [0, 0.1) is 3.57 Å². The van der Waals surface area contributed by atoms with Gasteiger partial charge in [0.1, 0.15) is 5.82 Å². The van der Waals surface area contributed by atoms with E-state index in [0.29, 0.717) is 11.4 Å². The van der Waals surface area contributed by atoms with Crippen molar-refractivity contribution in [2.75, 3.05) is 18.4 Å². The molecule has 0 spiro atoms. The monoisotopic (exact) mass is 498 g/mol. The van der Waals surface area contributed by atoms with Crippen LogP contribution in [0.25, 0.3) is 21.7 Å². The smallest absolute Gasteiger partial charge is 0.258 e. The van der Waals surface area contributed by atoms with Gasteiger partial charge in [0.15, 0.2) is 0 Å². The SMILES string of the molecule is O=c1[nH]cc(I)c2nc(N[C@@H]3CCCNC3)c3ccc(Br)cc3c12. The Hall–Kier alpha value is -1.19. The van der Waals surface area contributed by atoms with E-state index in [2.05, 4.69) is 54.1 Å². The topological polar surface area (TPSA) is 69.8 Å². The Morgan fingerprint density at radius 3 is 3.00 bits per heavy atom. The van der Waals surface area contributed by atoms with Gasteiger partial charge in [0.05, 0.1) is 14.5 Å². The maximum absolute atomic E-state index is 12.4. The fourth-order valence-electron chi connectivity index (χ4n) is 3.24. The summed E-state index contributed by atoms with van der Waals surface area (Å²) in [5.74, 6) is 0.849. The van der Waals surface area contributed by atoms with Crippen LogP contribution in [-0.4, -0.2) is 29.1 Å². The first-order valence-electron chi connectivity index (χ1n) is 7.91. The van der Waals surface area contributed by atoms with Gasteiger partial charge >= 0.3 is 0 Å². The zero-order valence-corrected chi connectivity index (χ0v) is 16.6. The van der Waals surface area contributed by atoms with E-state index in [9.17, 15) is 4.79 Å². The number of pyridine rings is 2. The number of H-pyrrole nitrogens is 1. The first kappa shape index (κ1) is 16.3. The second-order valence-electron chi connectivity index (χ2n) is 6.03. The molecule has 1 aliphatic heterocycles. The van der Waals surface area contributed by atoms with Crippen molar-refractivity contribution in [1.82, 2.24) is 15.3 Å². The Labute approximate surface area is 160 Å². The van der Waals surface area contributed by atoms with Crippen LogP contribution in [-0.2, 0) is 0 Å². The lowest BCUT2D eigenvalue weighted by Crippen LogP contribution is -2.38. The molecule has 0 radical (unpaired) electrons. The van der Waals surface area contributed by atoms with Gasteiger partial charge in [-0.1, -0.05) is 15.9 Å². The summed E-state index contributed by atoms with van der Waals surface area (Å²) >= 11 is 5.74. The van der Waals surface area contributed by atoms with Crippen LogP contribution < -0.4 is 16.2 Å². The molecule has 0 amide bonds. The van der Waals surface area contributed by atoms with E-state index in [1.807, 2.05) is 18.2 Å². The first-order chi connectivity index (χ1) is 11.6. The highest BCUT2D eigenvalue weighted by Gasteiger charge is 2.18. The van der Waals surface area contributed by atoms with Gasteiger partial charge in [-0.25, -0.2) is 4.98 Å². The highest BCUT2D eigenvalue weighted by molar-refractivity contribution is 14.1. The van der Waals surface area contributed by atoms with Gasteiger partial charge in [-0.05, 0) is 60.2 Å². The molecular weight excluding hydrogens is 483 g/mol. The quantitative estimate of drug-likeness (QED) is 0.373. The highest BCUT2D eigenvalue weighted by atomic mass is 127. The van der Waals surface area contributed by atoms with Gasteiger partial charge in [-0.2, -0.15) is 0 Å². The summed E-state index contributed by atoms with van der Waals surface area (Å²) in [5.41, 5.74) is 0.642. The van der Waals surface area contributed by atoms with Gasteiger partial charge in [0.2, 0.25) is 0 Å². The van der Waals surface area contributed by atoms with Crippen LogP contribution >= 0.6 is 38.5 Å². The van der Waals surface area contributed by atoms with Crippen LogP contribution in [0.15, 0.2) is 33.7 Å². The Bertz CT molecular complexity index is 982. The number of nitrogens with one attached hydrogen (secondary N) is 3. The zero-order valence-electron chi connectivity index (χ0n) is 12.8. The Kier molecular flexibility index (Phi) is 4.48. The van der Waals surface area contributed by atoms with Crippen molar-refractivity contribution < 1.29 is 0 Å². The average molecular weight is 499 g/mol. The highest BCUT2D eigenvalue weighted by Crippen LogP contribution is 2.32. The molecule has 0 aliphatic carbocycles. The third kappa shape index (κ3) is 2.93. The van der Waals surface area contributed by atoms with Crippen molar-refractivity contribution in [3.05, 3.63) is 42.8 Å². The van der Waals surface area contributed by atoms with Crippen LogP contribution in [0.5, 0.6) is 0 Å². The van der Waals surface area contributed by atoms with Crippen molar-refractivity contribution in [2.24, 2.45) is 0 Å². The number of aromatic amines is 1. The van der Waals surface area contributed by atoms with E-state index in [0.717, 1.165) is 56.1 Å².